The second kappa shape index (κ2) is 4.40. The average Bonchev–Trinajstić information content (AvgIpc) is 2.32. The summed E-state index contributed by atoms with van der Waals surface area (Å²) in [6, 6.07) is 6.93. The summed E-state index contributed by atoms with van der Waals surface area (Å²) in [7, 11) is 0. The van der Waals surface area contributed by atoms with Gasteiger partial charge in [0.15, 0.2) is 5.69 Å². The summed E-state index contributed by atoms with van der Waals surface area (Å²) < 4.78 is 13.5. The Morgan fingerprint density at radius 3 is 2.67 bits per heavy atom. The van der Waals surface area contributed by atoms with Crippen molar-refractivity contribution >= 4 is 11.5 Å². The first kappa shape index (κ1) is 12.0. The third kappa shape index (κ3) is 2.13. The van der Waals surface area contributed by atoms with Gasteiger partial charge in [-0.3, -0.25) is 10.1 Å². The highest BCUT2D eigenvalue weighted by Crippen LogP contribution is 2.29. The number of aromatic nitrogens is 1. The number of benzene rings is 1. The first-order valence-electron chi connectivity index (χ1n) is 5.16. The van der Waals surface area contributed by atoms with E-state index in [9.17, 15) is 14.5 Å². The van der Waals surface area contributed by atoms with Crippen molar-refractivity contribution in [1.82, 2.24) is 4.98 Å². The number of hydrogen-bond acceptors (Lipinski definition) is 4. The van der Waals surface area contributed by atoms with Crippen molar-refractivity contribution in [2.24, 2.45) is 0 Å². The zero-order valence-electron chi connectivity index (χ0n) is 9.55. The Labute approximate surface area is 102 Å². The van der Waals surface area contributed by atoms with E-state index in [4.69, 9.17) is 5.73 Å². The van der Waals surface area contributed by atoms with Crippen molar-refractivity contribution in [3.05, 3.63) is 51.8 Å². The Morgan fingerprint density at radius 2 is 2.06 bits per heavy atom. The minimum atomic E-state index is -0.570. The number of nitrogen functional groups attached to an aromatic ring is 1. The molecule has 0 radical (unpaired) electrons. The molecule has 0 fully saturated rings. The van der Waals surface area contributed by atoms with Crippen molar-refractivity contribution in [1.29, 1.82) is 0 Å². The van der Waals surface area contributed by atoms with Gasteiger partial charge >= 0.3 is 0 Å². The van der Waals surface area contributed by atoms with E-state index in [2.05, 4.69) is 4.98 Å². The molecule has 18 heavy (non-hydrogen) atoms. The predicted molar refractivity (Wildman–Crippen MR) is 65.4 cm³/mol. The topological polar surface area (TPSA) is 82.0 Å². The lowest BCUT2D eigenvalue weighted by Gasteiger charge is -2.04. The summed E-state index contributed by atoms with van der Waals surface area (Å²) in [5.41, 5.74) is 6.17. The van der Waals surface area contributed by atoms with Gasteiger partial charge in [0.25, 0.3) is 5.69 Å². The Morgan fingerprint density at radius 1 is 1.33 bits per heavy atom. The molecule has 0 aliphatic heterocycles. The maximum Gasteiger partial charge on any atom is 0.295 e. The molecule has 0 saturated carbocycles. The number of aryl methyl sites for hydroxylation is 1. The van der Waals surface area contributed by atoms with Crippen LogP contribution in [0, 0.1) is 22.9 Å². The van der Waals surface area contributed by atoms with Gasteiger partial charge in [0.05, 0.1) is 4.92 Å². The average molecular weight is 247 g/mol. The van der Waals surface area contributed by atoms with Crippen LogP contribution in [-0.4, -0.2) is 9.91 Å². The van der Waals surface area contributed by atoms with Crippen LogP contribution in [0.15, 0.2) is 30.3 Å². The molecular weight excluding hydrogens is 237 g/mol. The summed E-state index contributed by atoms with van der Waals surface area (Å²) in [5, 5.41) is 10.9. The molecule has 5 nitrogen and oxygen atoms in total. The molecule has 1 heterocycles. The van der Waals surface area contributed by atoms with Gasteiger partial charge in [-0.2, -0.15) is 0 Å². The van der Waals surface area contributed by atoms with E-state index in [1.54, 1.807) is 19.1 Å². The molecule has 0 unspecified atom stereocenters. The Kier molecular flexibility index (Phi) is 2.93. The highest BCUT2D eigenvalue weighted by atomic mass is 19.1. The van der Waals surface area contributed by atoms with Crippen LogP contribution >= 0.6 is 0 Å². The van der Waals surface area contributed by atoms with Crippen LogP contribution in [0.2, 0.25) is 0 Å². The van der Waals surface area contributed by atoms with E-state index in [1.807, 2.05) is 0 Å². The molecule has 0 amide bonds. The predicted octanol–water partition coefficient (Wildman–Crippen LogP) is 2.69. The monoisotopic (exact) mass is 247 g/mol. The van der Waals surface area contributed by atoms with Crippen molar-refractivity contribution in [2.45, 2.75) is 6.92 Å². The van der Waals surface area contributed by atoms with Crippen LogP contribution in [0.1, 0.15) is 5.56 Å². The van der Waals surface area contributed by atoms with Gasteiger partial charge < -0.3 is 5.73 Å². The second-order valence-corrected chi connectivity index (χ2v) is 3.82. The number of nitrogens with two attached hydrogens (primary N) is 1. The summed E-state index contributed by atoms with van der Waals surface area (Å²) >= 11 is 0. The lowest BCUT2D eigenvalue weighted by molar-refractivity contribution is -0.384. The standard InChI is InChI=1S/C12H10FN3O2/c1-7-2-3-8(6-9(7)13)12-10(16(17)18)4-5-11(14)15-12/h2-6H,1H3,(H2,14,15). The minimum Gasteiger partial charge on any atom is -0.384 e. The number of anilines is 1. The number of rotatable bonds is 2. The van der Waals surface area contributed by atoms with Gasteiger partial charge in [-0.1, -0.05) is 12.1 Å². The zero-order valence-corrected chi connectivity index (χ0v) is 9.55. The van der Waals surface area contributed by atoms with E-state index in [-0.39, 0.29) is 17.2 Å². The summed E-state index contributed by atoms with van der Waals surface area (Å²) in [6.45, 7) is 1.61. The third-order valence-electron chi connectivity index (χ3n) is 2.54. The second-order valence-electron chi connectivity index (χ2n) is 3.82. The largest absolute Gasteiger partial charge is 0.384 e. The van der Waals surface area contributed by atoms with Crippen LogP contribution in [0.25, 0.3) is 11.3 Å². The van der Waals surface area contributed by atoms with Crippen LogP contribution < -0.4 is 5.73 Å². The fraction of sp³-hybridized carbons (Fsp3) is 0.0833. The summed E-state index contributed by atoms with van der Waals surface area (Å²) in [6.07, 6.45) is 0. The van der Waals surface area contributed by atoms with Gasteiger partial charge in [0.1, 0.15) is 11.6 Å². The molecule has 2 N–H and O–H groups in total. The van der Waals surface area contributed by atoms with Gasteiger partial charge in [0, 0.05) is 11.6 Å². The van der Waals surface area contributed by atoms with Crippen LogP contribution in [0.5, 0.6) is 0 Å². The SMILES string of the molecule is Cc1ccc(-c2nc(N)ccc2[N+](=O)[O-])cc1F. The molecular formula is C12H10FN3O2. The lowest BCUT2D eigenvalue weighted by Crippen LogP contribution is -1.98. The van der Waals surface area contributed by atoms with Gasteiger partial charge in [-0.25, -0.2) is 9.37 Å². The molecule has 1 aromatic heterocycles. The van der Waals surface area contributed by atoms with Gasteiger partial charge in [-0.05, 0) is 24.6 Å². The molecule has 0 atom stereocenters. The smallest absolute Gasteiger partial charge is 0.295 e. The maximum atomic E-state index is 13.5. The Balaban J connectivity index is 2.65. The molecule has 2 rings (SSSR count). The first-order valence-corrected chi connectivity index (χ1v) is 5.16. The third-order valence-corrected chi connectivity index (χ3v) is 2.54. The minimum absolute atomic E-state index is 0.0684. The molecule has 0 saturated heterocycles. The molecule has 0 aliphatic rings. The number of nitro groups is 1. The number of hydrogen-bond donors (Lipinski definition) is 1. The summed E-state index contributed by atoms with van der Waals surface area (Å²) in [4.78, 5) is 14.2. The van der Waals surface area contributed by atoms with Gasteiger partial charge in [0.2, 0.25) is 0 Å². The van der Waals surface area contributed by atoms with Crippen molar-refractivity contribution in [2.75, 3.05) is 5.73 Å². The van der Waals surface area contributed by atoms with E-state index in [0.29, 0.717) is 11.1 Å². The molecule has 0 bridgehead atoms. The number of nitrogens with zero attached hydrogens (tertiary/aromatic N) is 2. The first-order chi connectivity index (χ1) is 8.49. The highest BCUT2D eigenvalue weighted by molar-refractivity contribution is 5.71. The summed E-state index contributed by atoms with van der Waals surface area (Å²) in [5.74, 6) is -0.289. The number of halogens is 1. The maximum absolute atomic E-state index is 13.5. The molecule has 1 aromatic carbocycles. The van der Waals surface area contributed by atoms with E-state index in [1.165, 1.54) is 18.2 Å². The highest BCUT2D eigenvalue weighted by Gasteiger charge is 2.17. The van der Waals surface area contributed by atoms with Gasteiger partial charge in [-0.15, -0.1) is 0 Å². The number of pyridine rings is 1. The van der Waals surface area contributed by atoms with Crippen molar-refractivity contribution < 1.29 is 9.31 Å². The Bertz CT molecular complexity index is 629. The molecule has 92 valence electrons. The van der Waals surface area contributed by atoms with E-state index >= 15 is 0 Å². The normalized spacial score (nSPS) is 10.3. The van der Waals surface area contributed by atoms with Crippen LogP contribution in [0.4, 0.5) is 15.9 Å². The Hall–Kier alpha value is -2.50. The lowest BCUT2D eigenvalue weighted by atomic mass is 10.1. The fourth-order valence-corrected chi connectivity index (χ4v) is 1.57. The van der Waals surface area contributed by atoms with E-state index in [0.717, 1.165) is 0 Å². The quantitative estimate of drug-likeness (QED) is 0.653. The molecule has 6 heteroatoms. The molecule has 0 aliphatic carbocycles. The van der Waals surface area contributed by atoms with Crippen LogP contribution in [-0.2, 0) is 0 Å². The molecule has 2 aromatic rings. The fourth-order valence-electron chi connectivity index (χ4n) is 1.57. The zero-order chi connectivity index (χ0) is 13.3. The van der Waals surface area contributed by atoms with E-state index < -0.39 is 10.7 Å². The van der Waals surface area contributed by atoms with Crippen molar-refractivity contribution in [3.63, 3.8) is 0 Å². The van der Waals surface area contributed by atoms with Crippen LogP contribution in [0.3, 0.4) is 0 Å². The molecule has 0 spiro atoms. The van der Waals surface area contributed by atoms with Crippen molar-refractivity contribution in [3.8, 4) is 11.3 Å².